The fraction of sp³-hybridized carbons (Fsp3) is 0.455. The number of carbonyl (C=O) groups is 4. The van der Waals surface area contributed by atoms with E-state index in [0.29, 0.717) is 34.6 Å². The van der Waals surface area contributed by atoms with Crippen molar-refractivity contribution in [1.82, 2.24) is 4.90 Å². The summed E-state index contributed by atoms with van der Waals surface area (Å²) in [5.74, 6) is -2.75. The molecule has 2 bridgehead atoms. The standard InChI is InChI=1S/C33H36N4O7/c1-18-24(30(33(42)43)35-29(18)27(19(2)38)32(35)41)17-44-25-5-3-4-22-28(25)21-7-6-20(14-23(21)31(22)40)15-36-8-11-37(12-9-36,13-10-36)16-26(34)39/h3-7,14,18-19,27,29,38H,8-13,15-17H2,1-2H3,(H-2,34,39,42,43)/p+1/t18-,19?,27?,29?,36?,37?/m0/s1. The SMILES string of the molecule is CC(O)C1C(=O)N2C(C(=O)[O-])=C(COc3cccc4c3-c3ccc(C[N+]56CC[N+](CC(N)=O)(CC5)CC6)cc3C4=O)[C@H](C)C12. The number of carboxylic acids is 1. The van der Waals surface area contributed by atoms with Crippen LogP contribution in [-0.2, 0) is 20.9 Å². The van der Waals surface area contributed by atoms with Gasteiger partial charge in [0.25, 0.3) is 5.91 Å². The molecule has 11 nitrogen and oxygen atoms in total. The quantitative estimate of drug-likeness (QED) is 0.254. The number of nitrogens with zero attached hydrogens (tertiary/aromatic N) is 3. The number of aliphatic hydroxyl groups excluding tert-OH is 1. The lowest BCUT2D eigenvalue weighted by Gasteiger charge is -2.55. The van der Waals surface area contributed by atoms with Crippen molar-refractivity contribution in [3.8, 4) is 16.9 Å². The molecule has 4 fully saturated rings. The first-order chi connectivity index (χ1) is 20.9. The Hall–Kier alpha value is -4.06. The Morgan fingerprint density at radius 2 is 1.73 bits per heavy atom. The van der Waals surface area contributed by atoms with Crippen molar-refractivity contribution >= 4 is 23.6 Å². The van der Waals surface area contributed by atoms with E-state index in [2.05, 4.69) is 6.07 Å². The molecule has 6 aliphatic rings. The molecule has 2 amide bonds. The molecule has 2 aromatic rings. The maximum absolute atomic E-state index is 13.6. The number of rotatable bonds is 9. The van der Waals surface area contributed by atoms with Gasteiger partial charge in [0.15, 0.2) is 12.3 Å². The van der Waals surface area contributed by atoms with E-state index in [1.165, 1.54) is 11.8 Å². The zero-order valence-corrected chi connectivity index (χ0v) is 25.0. The number of piperazine rings is 3. The fourth-order valence-electron chi connectivity index (χ4n) is 8.47. The van der Waals surface area contributed by atoms with E-state index in [0.717, 1.165) is 65.9 Å². The Balaban J connectivity index is 1.12. The van der Waals surface area contributed by atoms with Crippen LogP contribution >= 0.6 is 0 Å². The summed E-state index contributed by atoms with van der Waals surface area (Å²) in [6.07, 6.45) is -0.900. The summed E-state index contributed by atoms with van der Waals surface area (Å²) in [4.78, 5) is 51.2. The molecule has 0 saturated carbocycles. The molecule has 0 radical (unpaired) electrons. The topological polar surface area (TPSA) is 150 Å². The van der Waals surface area contributed by atoms with Crippen molar-refractivity contribution < 1.29 is 43.1 Å². The van der Waals surface area contributed by atoms with Gasteiger partial charge in [0.05, 0.1) is 29.7 Å². The highest BCUT2D eigenvalue weighted by atomic mass is 16.5. The van der Waals surface area contributed by atoms with Crippen LogP contribution in [0.1, 0.15) is 35.3 Å². The van der Waals surface area contributed by atoms with E-state index in [4.69, 9.17) is 10.5 Å². The van der Waals surface area contributed by atoms with E-state index in [1.807, 2.05) is 19.1 Å². The van der Waals surface area contributed by atoms with Gasteiger partial charge in [-0.3, -0.25) is 14.4 Å². The first-order valence-corrected chi connectivity index (χ1v) is 15.3. The summed E-state index contributed by atoms with van der Waals surface area (Å²) in [6.45, 7) is 10.2. The second kappa shape index (κ2) is 9.98. The Labute approximate surface area is 255 Å². The molecule has 5 heterocycles. The van der Waals surface area contributed by atoms with Gasteiger partial charge in [0.2, 0.25) is 5.91 Å². The van der Waals surface area contributed by atoms with Crippen LogP contribution in [0, 0.1) is 11.8 Å². The average molecular weight is 602 g/mol. The van der Waals surface area contributed by atoms with Crippen LogP contribution in [0.2, 0.25) is 0 Å². The van der Waals surface area contributed by atoms with Gasteiger partial charge in [-0.15, -0.1) is 0 Å². The fourth-order valence-corrected chi connectivity index (χ4v) is 8.47. The Kier molecular flexibility index (Phi) is 6.51. The van der Waals surface area contributed by atoms with Crippen molar-refractivity contribution in [2.24, 2.45) is 17.6 Å². The number of benzene rings is 2. The normalized spacial score (nSPS) is 30.5. The Morgan fingerprint density at radius 1 is 1.05 bits per heavy atom. The minimum absolute atomic E-state index is 0.0740. The molecule has 4 saturated heterocycles. The average Bonchev–Trinajstić information content (AvgIpc) is 3.40. The van der Waals surface area contributed by atoms with Gasteiger partial charge >= 0.3 is 0 Å². The molecule has 5 aliphatic heterocycles. The number of fused-ring (bicyclic) bond motifs is 7. The molecule has 230 valence electrons. The minimum Gasteiger partial charge on any atom is -0.543 e. The Morgan fingerprint density at radius 3 is 2.36 bits per heavy atom. The third-order valence-electron chi connectivity index (χ3n) is 10.9. The zero-order valence-electron chi connectivity index (χ0n) is 25.0. The van der Waals surface area contributed by atoms with Gasteiger partial charge in [-0.1, -0.05) is 31.2 Å². The lowest BCUT2D eigenvalue weighted by Crippen LogP contribution is -2.75. The van der Waals surface area contributed by atoms with Gasteiger partial charge in [0.1, 0.15) is 58.2 Å². The highest BCUT2D eigenvalue weighted by molar-refractivity contribution is 6.22. The zero-order chi connectivity index (χ0) is 31.1. The number of ether oxygens (including phenoxy) is 1. The lowest BCUT2D eigenvalue weighted by atomic mass is 9.78. The summed E-state index contributed by atoms with van der Waals surface area (Å²) in [6, 6.07) is 10.9. The first-order valence-electron chi connectivity index (χ1n) is 15.3. The van der Waals surface area contributed by atoms with Crippen LogP contribution in [0.5, 0.6) is 5.75 Å². The second-order valence-electron chi connectivity index (χ2n) is 13.4. The smallest absolute Gasteiger partial charge is 0.272 e. The molecular formula is C33H37N4O7+. The predicted molar refractivity (Wildman–Crippen MR) is 155 cm³/mol. The van der Waals surface area contributed by atoms with E-state index in [9.17, 15) is 29.4 Å². The molecule has 11 heteroatoms. The van der Waals surface area contributed by atoms with Crippen LogP contribution in [0.3, 0.4) is 0 Å². The molecule has 2 aromatic carbocycles. The number of nitrogens with two attached hydrogens (primary N) is 1. The number of aliphatic hydroxyl groups is 1. The van der Waals surface area contributed by atoms with Crippen molar-refractivity contribution in [3.05, 3.63) is 64.4 Å². The number of amides is 2. The van der Waals surface area contributed by atoms with Gasteiger partial charge in [-0.2, -0.15) is 0 Å². The summed E-state index contributed by atoms with van der Waals surface area (Å²) in [5, 5.41) is 22.2. The van der Waals surface area contributed by atoms with E-state index in [-0.39, 0.29) is 29.9 Å². The Bertz CT molecular complexity index is 1640. The van der Waals surface area contributed by atoms with Crippen LogP contribution < -0.4 is 15.6 Å². The summed E-state index contributed by atoms with van der Waals surface area (Å²) >= 11 is 0. The highest BCUT2D eigenvalue weighted by Crippen LogP contribution is 2.48. The van der Waals surface area contributed by atoms with Gasteiger partial charge in [0, 0.05) is 28.2 Å². The van der Waals surface area contributed by atoms with Crippen molar-refractivity contribution in [1.29, 1.82) is 0 Å². The second-order valence-corrected chi connectivity index (χ2v) is 13.4. The van der Waals surface area contributed by atoms with E-state index >= 15 is 0 Å². The summed E-state index contributed by atoms with van der Waals surface area (Å²) in [5.41, 5.74) is 9.48. The first kappa shape index (κ1) is 28.7. The van der Waals surface area contributed by atoms with Crippen molar-refractivity contribution in [2.75, 3.05) is 52.4 Å². The van der Waals surface area contributed by atoms with Crippen molar-refractivity contribution in [3.63, 3.8) is 0 Å². The lowest BCUT2D eigenvalue weighted by molar-refractivity contribution is -1.08. The number of carbonyl (C=O) groups excluding carboxylic acids is 4. The number of ketones is 1. The third-order valence-corrected chi connectivity index (χ3v) is 10.9. The maximum Gasteiger partial charge on any atom is 0.272 e. The third kappa shape index (κ3) is 4.21. The molecule has 0 aromatic heterocycles. The van der Waals surface area contributed by atoms with Crippen LogP contribution in [0.25, 0.3) is 11.1 Å². The maximum atomic E-state index is 13.6. The molecule has 4 atom stereocenters. The molecule has 3 N–H and O–H groups in total. The van der Waals surface area contributed by atoms with Gasteiger partial charge in [-0.05, 0) is 30.2 Å². The number of carboxylic acid groups (broad SMARTS) is 1. The van der Waals surface area contributed by atoms with Crippen LogP contribution in [-0.4, -0.2) is 107 Å². The molecular weight excluding hydrogens is 564 g/mol. The summed E-state index contributed by atoms with van der Waals surface area (Å²) in [7, 11) is 0. The molecule has 8 rings (SSSR count). The summed E-state index contributed by atoms with van der Waals surface area (Å²) < 4.78 is 7.96. The van der Waals surface area contributed by atoms with Crippen LogP contribution in [0.4, 0.5) is 0 Å². The van der Waals surface area contributed by atoms with Gasteiger partial charge in [-0.25, -0.2) is 0 Å². The largest absolute Gasteiger partial charge is 0.543 e. The molecule has 1 aliphatic carbocycles. The number of β-lactam (4-membered cyclic amide) rings is 1. The monoisotopic (exact) mass is 601 g/mol. The number of quaternary nitrogens is 2. The number of hydrogen-bond donors (Lipinski definition) is 2. The van der Waals surface area contributed by atoms with Crippen molar-refractivity contribution in [2.45, 2.75) is 32.5 Å². The van der Waals surface area contributed by atoms with Gasteiger partial charge < -0.3 is 39.3 Å². The molecule has 44 heavy (non-hydrogen) atoms. The number of hydrogen-bond acceptors (Lipinski definition) is 7. The minimum atomic E-state index is -1.45. The molecule has 3 unspecified atom stereocenters. The predicted octanol–water partition coefficient (Wildman–Crippen LogP) is -0.216. The number of primary amides is 1. The highest BCUT2D eigenvalue weighted by Gasteiger charge is 2.58. The van der Waals surface area contributed by atoms with E-state index in [1.54, 1.807) is 18.2 Å². The molecule has 0 spiro atoms. The number of aliphatic carboxylic acids is 1. The van der Waals surface area contributed by atoms with E-state index < -0.39 is 29.9 Å². The van der Waals surface area contributed by atoms with Crippen LogP contribution in [0.15, 0.2) is 47.7 Å².